The van der Waals surface area contributed by atoms with Crippen LogP contribution >= 0.6 is 0 Å². The summed E-state index contributed by atoms with van der Waals surface area (Å²) in [5.41, 5.74) is 1.13. The monoisotopic (exact) mass is 215 g/mol. The first-order valence-corrected chi connectivity index (χ1v) is 4.70. The number of fused-ring (bicyclic) bond motifs is 1. The van der Waals surface area contributed by atoms with Gasteiger partial charge in [-0.2, -0.15) is 4.73 Å². The van der Waals surface area contributed by atoms with Crippen LogP contribution in [0.25, 0.3) is 17.0 Å². The molecule has 0 saturated carbocycles. The second-order valence-corrected chi connectivity index (χ2v) is 3.33. The van der Waals surface area contributed by atoms with E-state index in [9.17, 15) is 10.0 Å². The number of carboxylic acid groups (broad SMARTS) is 1. The van der Waals surface area contributed by atoms with E-state index in [2.05, 4.69) is 0 Å². The lowest BCUT2D eigenvalue weighted by Crippen LogP contribution is -2.26. The standard InChI is InChI=1S/C12H9NO3/c14-12(15)6-5-9-7-10-3-1-2-4-11(10)13(16)8-9/h1-8H,(H,14,15)/b6-5+. The van der Waals surface area contributed by atoms with E-state index < -0.39 is 5.97 Å². The largest absolute Gasteiger partial charge is 0.618 e. The van der Waals surface area contributed by atoms with Gasteiger partial charge in [-0.05, 0) is 18.2 Å². The fourth-order valence-corrected chi connectivity index (χ4v) is 1.49. The smallest absolute Gasteiger partial charge is 0.328 e. The van der Waals surface area contributed by atoms with Crippen molar-refractivity contribution in [3.63, 3.8) is 0 Å². The third-order valence-electron chi connectivity index (χ3n) is 2.18. The molecule has 0 amide bonds. The van der Waals surface area contributed by atoms with Gasteiger partial charge in [-0.3, -0.25) is 0 Å². The predicted octanol–water partition coefficient (Wildman–Crippen LogP) is 1.57. The molecule has 0 radical (unpaired) electrons. The Labute approximate surface area is 91.7 Å². The van der Waals surface area contributed by atoms with Crippen LogP contribution in [-0.4, -0.2) is 11.1 Å². The maximum atomic E-state index is 11.6. The van der Waals surface area contributed by atoms with Gasteiger partial charge in [0.15, 0.2) is 6.20 Å². The Morgan fingerprint density at radius 3 is 2.88 bits per heavy atom. The molecule has 0 atom stereocenters. The zero-order chi connectivity index (χ0) is 11.5. The zero-order valence-corrected chi connectivity index (χ0v) is 8.33. The lowest BCUT2D eigenvalue weighted by atomic mass is 10.1. The van der Waals surface area contributed by atoms with Crippen LogP contribution in [-0.2, 0) is 4.79 Å². The molecule has 0 aliphatic carbocycles. The summed E-state index contributed by atoms with van der Waals surface area (Å²) in [6.07, 6.45) is 3.75. The molecule has 1 N–H and O–H groups in total. The van der Waals surface area contributed by atoms with Crippen molar-refractivity contribution < 1.29 is 14.6 Å². The highest BCUT2D eigenvalue weighted by Gasteiger charge is 2.04. The number of hydrogen-bond donors (Lipinski definition) is 1. The average molecular weight is 215 g/mol. The number of rotatable bonds is 2. The number of para-hydroxylation sites is 1. The van der Waals surface area contributed by atoms with E-state index in [1.165, 1.54) is 12.3 Å². The van der Waals surface area contributed by atoms with E-state index in [1.54, 1.807) is 18.2 Å². The topological polar surface area (TPSA) is 64.2 Å². The number of pyridine rings is 1. The lowest BCUT2D eigenvalue weighted by Gasteiger charge is -2.02. The molecule has 1 aromatic heterocycles. The lowest BCUT2D eigenvalue weighted by molar-refractivity contribution is -0.577. The number of hydrogen-bond acceptors (Lipinski definition) is 2. The normalized spacial score (nSPS) is 11.0. The Morgan fingerprint density at radius 2 is 2.12 bits per heavy atom. The first-order chi connectivity index (χ1) is 7.66. The van der Waals surface area contributed by atoms with Gasteiger partial charge in [0.25, 0.3) is 0 Å². The molecular formula is C12H9NO3. The van der Waals surface area contributed by atoms with Crippen LogP contribution in [0.15, 0.2) is 42.6 Å². The van der Waals surface area contributed by atoms with Crippen molar-refractivity contribution in [2.24, 2.45) is 0 Å². The third-order valence-corrected chi connectivity index (χ3v) is 2.18. The van der Waals surface area contributed by atoms with E-state index >= 15 is 0 Å². The minimum Gasteiger partial charge on any atom is -0.618 e. The molecule has 1 aromatic carbocycles. The average Bonchev–Trinajstić information content (AvgIpc) is 2.26. The molecule has 0 spiro atoms. The van der Waals surface area contributed by atoms with Crippen LogP contribution in [0.1, 0.15) is 5.56 Å². The summed E-state index contributed by atoms with van der Waals surface area (Å²) in [6.45, 7) is 0. The molecule has 0 aliphatic rings. The van der Waals surface area contributed by atoms with Gasteiger partial charge in [0, 0.05) is 23.1 Å². The summed E-state index contributed by atoms with van der Waals surface area (Å²) in [5.74, 6) is -1.04. The molecule has 0 aliphatic heterocycles. The van der Waals surface area contributed by atoms with Crippen molar-refractivity contribution in [2.45, 2.75) is 0 Å². The zero-order valence-electron chi connectivity index (χ0n) is 8.33. The quantitative estimate of drug-likeness (QED) is 0.470. The number of aliphatic carboxylic acids is 1. The predicted molar refractivity (Wildman–Crippen MR) is 59.6 cm³/mol. The van der Waals surface area contributed by atoms with Gasteiger partial charge in [-0.25, -0.2) is 4.79 Å². The van der Waals surface area contributed by atoms with Crippen molar-refractivity contribution in [1.82, 2.24) is 0 Å². The fraction of sp³-hybridized carbons (Fsp3) is 0. The molecule has 0 unspecified atom stereocenters. The van der Waals surface area contributed by atoms with E-state index in [0.717, 1.165) is 16.2 Å². The molecule has 2 aromatic rings. The Bertz CT molecular complexity index is 575. The highest BCUT2D eigenvalue weighted by molar-refractivity contribution is 5.86. The van der Waals surface area contributed by atoms with Gasteiger partial charge in [0.1, 0.15) is 0 Å². The van der Waals surface area contributed by atoms with E-state index in [4.69, 9.17) is 5.11 Å². The van der Waals surface area contributed by atoms with Crippen molar-refractivity contribution in [3.8, 4) is 0 Å². The van der Waals surface area contributed by atoms with Crippen LogP contribution in [0.5, 0.6) is 0 Å². The van der Waals surface area contributed by atoms with Crippen LogP contribution in [0.4, 0.5) is 0 Å². The van der Waals surface area contributed by atoms with Crippen LogP contribution in [0.2, 0.25) is 0 Å². The van der Waals surface area contributed by atoms with Crippen LogP contribution in [0.3, 0.4) is 0 Å². The van der Waals surface area contributed by atoms with Crippen molar-refractivity contribution in [3.05, 3.63) is 53.4 Å². The summed E-state index contributed by atoms with van der Waals surface area (Å²) in [5, 5.41) is 20.8. The van der Waals surface area contributed by atoms with Crippen molar-refractivity contribution in [2.75, 3.05) is 0 Å². The highest BCUT2D eigenvalue weighted by Crippen LogP contribution is 2.12. The minimum atomic E-state index is -1.04. The molecule has 0 bridgehead atoms. The van der Waals surface area contributed by atoms with Gasteiger partial charge >= 0.3 is 5.97 Å². The third kappa shape index (κ3) is 2.00. The molecule has 4 nitrogen and oxygen atoms in total. The molecule has 1 heterocycles. The molecule has 16 heavy (non-hydrogen) atoms. The fourth-order valence-electron chi connectivity index (χ4n) is 1.49. The second-order valence-electron chi connectivity index (χ2n) is 3.33. The Morgan fingerprint density at radius 1 is 1.38 bits per heavy atom. The Hall–Kier alpha value is -2.36. The van der Waals surface area contributed by atoms with Crippen molar-refractivity contribution in [1.29, 1.82) is 0 Å². The molecule has 2 rings (SSSR count). The number of carbonyl (C=O) groups is 1. The highest BCUT2D eigenvalue weighted by atomic mass is 16.5. The molecular weight excluding hydrogens is 206 g/mol. The summed E-state index contributed by atoms with van der Waals surface area (Å²) < 4.78 is 0.733. The number of nitrogens with zero attached hydrogens (tertiary/aromatic N) is 1. The summed E-state index contributed by atoms with van der Waals surface area (Å²) in [6, 6.07) is 8.90. The summed E-state index contributed by atoms with van der Waals surface area (Å²) in [4.78, 5) is 10.3. The van der Waals surface area contributed by atoms with Gasteiger partial charge < -0.3 is 10.3 Å². The molecule has 0 fully saturated rings. The minimum absolute atomic E-state index is 0.565. The first-order valence-electron chi connectivity index (χ1n) is 4.70. The number of benzene rings is 1. The van der Waals surface area contributed by atoms with E-state index in [1.807, 2.05) is 12.1 Å². The Kier molecular flexibility index (Phi) is 2.55. The van der Waals surface area contributed by atoms with E-state index in [-0.39, 0.29) is 0 Å². The maximum Gasteiger partial charge on any atom is 0.328 e. The SMILES string of the molecule is O=C(O)/C=C/c1cc2ccccc2[n+]([O-])c1. The van der Waals surface area contributed by atoms with E-state index in [0.29, 0.717) is 11.1 Å². The number of aromatic nitrogens is 1. The summed E-state index contributed by atoms with van der Waals surface area (Å²) in [7, 11) is 0. The van der Waals surface area contributed by atoms with Crippen LogP contribution < -0.4 is 4.73 Å². The van der Waals surface area contributed by atoms with Crippen LogP contribution in [0, 0.1) is 5.21 Å². The Balaban J connectivity index is 2.54. The second kappa shape index (κ2) is 4.02. The van der Waals surface area contributed by atoms with Gasteiger partial charge in [0.2, 0.25) is 5.52 Å². The van der Waals surface area contributed by atoms with Crippen molar-refractivity contribution >= 4 is 22.9 Å². The van der Waals surface area contributed by atoms with Gasteiger partial charge in [-0.1, -0.05) is 12.1 Å². The maximum absolute atomic E-state index is 11.6. The molecule has 0 saturated heterocycles. The van der Waals surface area contributed by atoms with Gasteiger partial charge in [-0.15, -0.1) is 0 Å². The molecule has 80 valence electrons. The summed E-state index contributed by atoms with van der Waals surface area (Å²) >= 11 is 0. The molecule has 4 heteroatoms. The number of carboxylic acids is 1. The van der Waals surface area contributed by atoms with Gasteiger partial charge in [0.05, 0.1) is 0 Å². The first kappa shape index (κ1) is 10.2.